The molecule has 0 amide bonds. The third-order valence-electron chi connectivity index (χ3n) is 4.62. The van der Waals surface area contributed by atoms with E-state index in [1.165, 1.54) is 32.1 Å². The van der Waals surface area contributed by atoms with E-state index in [0.29, 0.717) is 5.06 Å². The molecule has 1 aliphatic rings. The number of ether oxygens (including phenoxy) is 6. The highest BCUT2D eigenvalue weighted by molar-refractivity contribution is 7.11. The predicted molar refractivity (Wildman–Crippen MR) is 116 cm³/mol. The van der Waals surface area contributed by atoms with Gasteiger partial charge in [-0.05, 0) is 23.1 Å². The lowest BCUT2D eigenvalue weighted by Crippen LogP contribution is -2.63. The number of hydrogen-bond donors (Lipinski definition) is 0. The average Bonchev–Trinajstić information content (AvgIpc) is 3.26. The van der Waals surface area contributed by atoms with Crippen molar-refractivity contribution in [3.63, 3.8) is 0 Å². The van der Waals surface area contributed by atoms with Crippen molar-refractivity contribution in [2.24, 2.45) is 0 Å². The maximum Gasteiger partial charge on any atom is 0.303 e. The molecule has 1 fully saturated rings. The van der Waals surface area contributed by atoms with Crippen molar-refractivity contribution in [2.75, 3.05) is 6.61 Å². The summed E-state index contributed by atoms with van der Waals surface area (Å²) in [4.78, 5) is 35.6. The first-order valence-electron chi connectivity index (χ1n) is 10.3. The maximum absolute atomic E-state index is 11.9. The van der Waals surface area contributed by atoms with E-state index in [2.05, 4.69) is 0 Å². The number of benzene rings is 1. The van der Waals surface area contributed by atoms with E-state index in [-0.39, 0.29) is 13.2 Å². The molecule has 2 heterocycles. The molecule has 1 aromatic carbocycles. The normalized spacial score (nSPS) is 24.5. The van der Waals surface area contributed by atoms with Gasteiger partial charge in [0, 0.05) is 20.8 Å². The molecule has 5 atom stereocenters. The second kappa shape index (κ2) is 11.8. The molecular weight excluding hydrogens is 452 g/mol. The SMILES string of the molecule is CC(=O)O[C@@H]1[C@H](OC(C)=O)[C@@H](OC(C)=O)C(Oc2cccs2)O[C@@H]1COCc1ccccc1. The van der Waals surface area contributed by atoms with E-state index in [4.69, 9.17) is 28.4 Å². The molecule has 1 unspecified atom stereocenters. The fraction of sp³-hybridized carbons (Fsp3) is 0.435. The van der Waals surface area contributed by atoms with E-state index >= 15 is 0 Å². The van der Waals surface area contributed by atoms with Gasteiger partial charge in [0.2, 0.25) is 12.4 Å². The summed E-state index contributed by atoms with van der Waals surface area (Å²) in [5.74, 6) is -1.90. The van der Waals surface area contributed by atoms with Gasteiger partial charge in [0.05, 0.1) is 13.2 Å². The van der Waals surface area contributed by atoms with E-state index in [1.54, 1.807) is 12.1 Å². The van der Waals surface area contributed by atoms with Crippen molar-refractivity contribution in [3.05, 3.63) is 53.4 Å². The second-order valence-electron chi connectivity index (χ2n) is 7.32. The number of esters is 3. The fourth-order valence-electron chi connectivity index (χ4n) is 3.40. The molecule has 0 saturated carbocycles. The van der Waals surface area contributed by atoms with Crippen LogP contribution in [0, 0.1) is 0 Å². The largest absolute Gasteiger partial charge is 0.456 e. The fourth-order valence-corrected chi connectivity index (χ4v) is 4.00. The first kappa shape index (κ1) is 24.7. The zero-order valence-corrected chi connectivity index (χ0v) is 19.3. The molecular formula is C23H26O9S. The summed E-state index contributed by atoms with van der Waals surface area (Å²) in [6.07, 6.45) is -5.43. The van der Waals surface area contributed by atoms with Crippen LogP contribution in [0.3, 0.4) is 0 Å². The number of carbonyl (C=O) groups is 3. The van der Waals surface area contributed by atoms with Gasteiger partial charge in [-0.3, -0.25) is 14.4 Å². The molecule has 1 saturated heterocycles. The van der Waals surface area contributed by atoms with Crippen LogP contribution in [0.5, 0.6) is 5.06 Å². The molecule has 0 bridgehead atoms. The number of carbonyl (C=O) groups excluding carboxylic acids is 3. The smallest absolute Gasteiger partial charge is 0.303 e. The Morgan fingerprint density at radius 3 is 2.09 bits per heavy atom. The van der Waals surface area contributed by atoms with Gasteiger partial charge in [0.1, 0.15) is 6.10 Å². The zero-order valence-electron chi connectivity index (χ0n) is 18.5. The van der Waals surface area contributed by atoms with Crippen LogP contribution < -0.4 is 4.74 Å². The van der Waals surface area contributed by atoms with Gasteiger partial charge >= 0.3 is 17.9 Å². The van der Waals surface area contributed by atoms with Crippen LogP contribution in [-0.2, 0) is 44.7 Å². The number of hydrogen-bond acceptors (Lipinski definition) is 10. The topological polar surface area (TPSA) is 107 Å². The Hall–Kier alpha value is -2.95. The van der Waals surface area contributed by atoms with Crippen molar-refractivity contribution >= 4 is 29.2 Å². The Bertz CT molecular complexity index is 915. The zero-order chi connectivity index (χ0) is 23.8. The maximum atomic E-state index is 11.9. The number of rotatable bonds is 9. The summed E-state index contributed by atoms with van der Waals surface area (Å²) in [5.41, 5.74) is 0.943. The van der Waals surface area contributed by atoms with Crippen molar-refractivity contribution in [3.8, 4) is 5.06 Å². The molecule has 0 spiro atoms. The molecule has 0 aliphatic carbocycles. The van der Waals surface area contributed by atoms with E-state index < -0.39 is 48.6 Å². The first-order valence-corrected chi connectivity index (χ1v) is 11.2. The van der Waals surface area contributed by atoms with Crippen LogP contribution in [0.4, 0.5) is 0 Å². The molecule has 1 aliphatic heterocycles. The van der Waals surface area contributed by atoms with Gasteiger partial charge in [0.15, 0.2) is 17.3 Å². The molecule has 3 rings (SSSR count). The van der Waals surface area contributed by atoms with Crippen molar-refractivity contribution in [2.45, 2.75) is 58.1 Å². The van der Waals surface area contributed by atoms with E-state index in [0.717, 1.165) is 5.56 Å². The van der Waals surface area contributed by atoms with Gasteiger partial charge in [0.25, 0.3) is 0 Å². The lowest BCUT2D eigenvalue weighted by molar-refractivity contribution is -0.289. The third-order valence-corrected chi connectivity index (χ3v) is 5.38. The summed E-state index contributed by atoms with van der Waals surface area (Å²) in [6, 6.07) is 13.0. The van der Waals surface area contributed by atoms with Crippen LogP contribution in [0.15, 0.2) is 47.8 Å². The molecule has 10 heteroatoms. The van der Waals surface area contributed by atoms with Crippen LogP contribution >= 0.6 is 11.3 Å². The summed E-state index contributed by atoms with van der Waals surface area (Å²) in [6.45, 7) is 3.93. The minimum absolute atomic E-state index is 0.00168. The van der Waals surface area contributed by atoms with Gasteiger partial charge in [-0.1, -0.05) is 30.3 Å². The Morgan fingerprint density at radius 2 is 1.48 bits per heavy atom. The molecule has 33 heavy (non-hydrogen) atoms. The first-order chi connectivity index (χ1) is 15.8. The predicted octanol–water partition coefficient (Wildman–Crippen LogP) is 2.86. The molecule has 0 radical (unpaired) electrons. The van der Waals surface area contributed by atoms with Crippen molar-refractivity contribution in [1.82, 2.24) is 0 Å². The Balaban J connectivity index is 1.86. The Kier molecular flexibility index (Phi) is 8.81. The average molecular weight is 479 g/mol. The van der Waals surface area contributed by atoms with E-state index in [9.17, 15) is 14.4 Å². The summed E-state index contributed by atoms with van der Waals surface area (Å²) < 4.78 is 34.1. The van der Waals surface area contributed by atoms with Crippen LogP contribution in [0.2, 0.25) is 0 Å². The Labute approximate surface area is 195 Å². The van der Waals surface area contributed by atoms with Crippen LogP contribution in [-0.4, -0.2) is 55.2 Å². The third kappa shape index (κ3) is 7.28. The van der Waals surface area contributed by atoms with Gasteiger partial charge in [-0.15, -0.1) is 11.3 Å². The van der Waals surface area contributed by atoms with Gasteiger partial charge in [-0.2, -0.15) is 0 Å². The molecule has 0 N–H and O–H groups in total. The van der Waals surface area contributed by atoms with Gasteiger partial charge < -0.3 is 28.4 Å². The van der Waals surface area contributed by atoms with E-state index in [1.807, 2.05) is 35.7 Å². The van der Waals surface area contributed by atoms with Crippen molar-refractivity contribution < 1.29 is 42.8 Å². The number of thiophene rings is 1. The standard InChI is InChI=1S/C23H26O9S/c1-14(24)28-20-18(13-27-12-17-8-5-4-6-9-17)31-23(32-19-10-7-11-33-19)22(30-16(3)26)21(20)29-15(2)25/h4-11,18,20-23H,12-13H2,1-3H3/t18-,20+,21+,22-,23?/m1/s1. The van der Waals surface area contributed by atoms with Crippen LogP contribution in [0.1, 0.15) is 26.3 Å². The summed E-state index contributed by atoms with van der Waals surface area (Å²) >= 11 is 1.31. The highest BCUT2D eigenvalue weighted by Crippen LogP contribution is 2.32. The minimum atomic E-state index is -1.18. The summed E-state index contributed by atoms with van der Waals surface area (Å²) in [5, 5.41) is 2.32. The quantitative estimate of drug-likeness (QED) is 0.397. The van der Waals surface area contributed by atoms with Gasteiger partial charge in [-0.25, -0.2) is 0 Å². The lowest BCUT2D eigenvalue weighted by atomic mass is 9.98. The second-order valence-corrected chi connectivity index (χ2v) is 8.23. The Morgan fingerprint density at radius 1 is 0.848 bits per heavy atom. The molecule has 1 aromatic heterocycles. The minimum Gasteiger partial charge on any atom is -0.456 e. The molecule has 9 nitrogen and oxygen atoms in total. The highest BCUT2D eigenvalue weighted by atomic mass is 32.1. The monoisotopic (exact) mass is 478 g/mol. The summed E-state index contributed by atoms with van der Waals surface area (Å²) in [7, 11) is 0. The molecule has 178 valence electrons. The van der Waals surface area contributed by atoms with Crippen LogP contribution in [0.25, 0.3) is 0 Å². The molecule has 2 aromatic rings. The lowest BCUT2D eigenvalue weighted by Gasteiger charge is -2.43. The highest BCUT2D eigenvalue weighted by Gasteiger charge is 2.53. The van der Waals surface area contributed by atoms with Crippen molar-refractivity contribution in [1.29, 1.82) is 0 Å².